The number of nitrogens with two attached hydrogens (primary N) is 1. The Morgan fingerprint density at radius 3 is 0.848 bits per heavy atom. The molecule has 4 aliphatic rings. The topological polar surface area (TPSA) is 288 Å². The summed E-state index contributed by atoms with van der Waals surface area (Å²) in [7, 11) is 6.74. The van der Waals surface area contributed by atoms with Crippen LogP contribution in [0.5, 0.6) is 0 Å². The molecule has 4 saturated heterocycles. The predicted molar refractivity (Wildman–Crippen MR) is 536 cm³/mol. The number of halogens is 2. The van der Waals surface area contributed by atoms with Gasteiger partial charge in [-0.05, 0) is 188 Å². The standard InChI is InChI=1S/C28H35N3O4.C27H33N3O4.C26H31N3O4.C22H25N3O2.CH3I.ClH/c1-19-16-21-22(18-20-10-8-7-9-11-20)25(26(32)29(5)6)34-24(21)23(17-19)30-12-14-31(15-13-30)27(33)35-28(2,3)4;1-18-15-20-21(17-19-9-7-6-8-10-19)24(25(31)28-5)33-23(20)22(16-18)29-11-13-30(14-12-29)26(32)34-27(2,3)4;1-17-14-19-20(16-18-8-6-5-7-9-18)23(24(27)30)32-22(19)21(15-17)28-10-12-29(13-11-28)25(31)33-26(2,3)4;1-15-12-17-18(14-16-6-4-3-5-7-16)21(22(26)23-2)27-20(17)19(13-15)25-10-8-24-9-11-25;1-2;/h7-11,16-17H,12-15,18H2,1-6H3;6-10,15-16H,11-14,17H2,1-5H3,(H,28,31);5-9,14-15H,10-13,16H2,1-4H3,(H2,27,30);3-7,12-13,24H,8-11,14H2,1-2H3,(H,23,26);1H3;1H. The number of anilines is 4. The Bertz CT molecular complexity index is 6000. The molecule has 132 heavy (non-hydrogen) atoms. The van der Waals surface area contributed by atoms with Crippen molar-refractivity contribution >= 4 is 144 Å². The van der Waals surface area contributed by atoms with E-state index in [2.05, 4.69) is 158 Å². The second-order valence-corrected chi connectivity index (χ2v) is 36.8. The molecule has 0 saturated carbocycles. The van der Waals surface area contributed by atoms with Crippen molar-refractivity contribution in [3.63, 3.8) is 0 Å². The average molecular weight is 1930 g/mol. The fourth-order valence-electron chi connectivity index (χ4n) is 16.8. The van der Waals surface area contributed by atoms with Gasteiger partial charge in [-0.25, -0.2) is 14.4 Å². The quantitative estimate of drug-likeness (QED) is 0.0397. The first kappa shape index (κ1) is 100. The van der Waals surface area contributed by atoms with Gasteiger partial charge in [-0.2, -0.15) is 0 Å². The van der Waals surface area contributed by atoms with Gasteiger partial charge in [-0.15, -0.1) is 12.4 Å². The van der Waals surface area contributed by atoms with E-state index in [4.69, 9.17) is 37.6 Å². The van der Waals surface area contributed by atoms with Crippen molar-refractivity contribution in [1.29, 1.82) is 0 Å². The third kappa shape index (κ3) is 25.1. The number of fused-ring (bicyclic) bond motifs is 4. The molecule has 7 amide bonds. The van der Waals surface area contributed by atoms with Gasteiger partial charge in [0.25, 0.3) is 23.6 Å². The highest BCUT2D eigenvalue weighted by molar-refractivity contribution is 14.1. The number of nitrogens with one attached hydrogen (secondary N) is 3. The highest BCUT2D eigenvalue weighted by atomic mass is 127. The van der Waals surface area contributed by atoms with Gasteiger partial charge in [0.1, 0.15) is 16.8 Å². The lowest BCUT2D eigenvalue weighted by Crippen LogP contribution is -2.50. The molecule has 8 heterocycles. The normalized spacial score (nSPS) is 14.2. The van der Waals surface area contributed by atoms with Gasteiger partial charge in [-0.3, -0.25) is 19.2 Å². The van der Waals surface area contributed by atoms with E-state index in [9.17, 15) is 33.6 Å². The van der Waals surface area contributed by atoms with Crippen molar-refractivity contribution in [3.8, 4) is 0 Å². The lowest BCUT2D eigenvalue weighted by Gasteiger charge is -2.36. The fraction of sp³-hybridized carbons (Fsp3) is 0.394. The molecule has 702 valence electrons. The highest BCUT2D eigenvalue weighted by Crippen LogP contribution is 2.42. The van der Waals surface area contributed by atoms with Gasteiger partial charge >= 0.3 is 18.3 Å². The van der Waals surface area contributed by atoms with Crippen LogP contribution in [0.4, 0.5) is 37.1 Å². The second kappa shape index (κ2) is 44.3. The maximum Gasteiger partial charge on any atom is 0.410 e. The Balaban J connectivity index is 0.000000169. The molecular formula is C104H128ClIN12O14. The number of furan rings is 4. The molecule has 4 aromatic heterocycles. The van der Waals surface area contributed by atoms with Gasteiger partial charge in [0, 0.05) is 202 Å². The summed E-state index contributed by atoms with van der Waals surface area (Å²) in [5.74, 6) is 0.211. The lowest BCUT2D eigenvalue weighted by atomic mass is 9.99. The minimum absolute atomic E-state index is 0. The van der Waals surface area contributed by atoms with Crippen molar-refractivity contribution in [2.75, 3.05) is 157 Å². The van der Waals surface area contributed by atoms with Crippen molar-refractivity contribution in [2.45, 2.75) is 132 Å². The first-order valence-electron chi connectivity index (χ1n) is 44.9. The summed E-state index contributed by atoms with van der Waals surface area (Å²) < 4.78 is 41.4. The maximum atomic E-state index is 13.1. The highest BCUT2D eigenvalue weighted by Gasteiger charge is 2.35. The number of hydrogen-bond donors (Lipinski definition) is 4. The van der Waals surface area contributed by atoms with Crippen molar-refractivity contribution in [2.24, 2.45) is 5.73 Å². The summed E-state index contributed by atoms with van der Waals surface area (Å²) in [5, 5.41) is 12.7. The first-order valence-corrected chi connectivity index (χ1v) is 47.0. The Kier molecular flexibility index (Phi) is 33.7. The third-order valence-corrected chi connectivity index (χ3v) is 22.9. The van der Waals surface area contributed by atoms with Crippen LogP contribution in [0.25, 0.3) is 43.9 Å². The van der Waals surface area contributed by atoms with Crippen molar-refractivity contribution < 1.29 is 65.4 Å². The zero-order valence-electron chi connectivity index (χ0n) is 79.5. The van der Waals surface area contributed by atoms with Gasteiger partial charge in [0.15, 0.2) is 45.4 Å². The van der Waals surface area contributed by atoms with Gasteiger partial charge in [0.2, 0.25) is 0 Å². The molecule has 0 unspecified atom stereocenters. The molecule has 16 rings (SSSR count). The van der Waals surface area contributed by atoms with Crippen LogP contribution in [-0.4, -0.2) is 216 Å². The summed E-state index contributed by atoms with van der Waals surface area (Å²) in [5.41, 5.74) is 23.4. The summed E-state index contributed by atoms with van der Waals surface area (Å²) in [6, 6.07) is 57.2. The lowest BCUT2D eigenvalue weighted by molar-refractivity contribution is 0.0230. The number of primary amides is 1. The number of alkyl halides is 1. The maximum absolute atomic E-state index is 13.1. The van der Waals surface area contributed by atoms with Crippen LogP contribution < -0.4 is 41.3 Å². The van der Waals surface area contributed by atoms with Gasteiger partial charge < -0.3 is 92.8 Å². The molecule has 8 aromatic carbocycles. The summed E-state index contributed by atoms with van der Waals surface area (Å²) in [6.45, 7) is 36.1. The Morgan fingerprint density at radius 1 is 0.371 bits per heavy atom. The molecule has 0 radical (unpaired) electrons. The van der Waals surface area contributed by atoms with Crippen LogP contribution in [-0.2, 0) is 39.9 Å². The Hall–Kier alpha value is -12.2. The van der Waals surface area contributed by atoms with Crippen molar-refractivity contribution in [1.82, 2.24) is 35.6 Å². The van der Waals surface area contributed by atoms with Crippen LogP contribution in [0.2, 0.25) is 0 Å². The number of nitrogens with zero attached hydrogens (tertiary/aromatic N) is 8. The number of carbonyl (C=O) groups is 7. The van der Waals surface area contributed by atoms with E-state index < -0.39 is 22.7 Å². The minimum Gasteiger partial charge on any atom is -0.448 e. The molecule has 4 fully saturated rings. The van der Waals surface area contributed by atoms with Crippen LogP contribution in [0.1, 0.15) is 171 Å². The number of piperazine rings is 4. The zero-order chi connectivity index (χ0) is 94.3. The largest absolute Gasteiger partial charge is 0.448 e. The molecular weight excluding hydrogens is 1800 g/mol. The first-order chi connectivity index (χ1) is 62.5. The van der Waals surface area contributed by atoms with E-state index in [1.807, 2.05) is 165 Å². The number of amides is 7. The number of ether oxygens (including phenoxy) is 3. The van der Waals surface area contributed by atoms with Crippen LogP contribution in [0.3, 0.4) is 0 Å². The summed E-state index contributed by atoms with van der Waals surface area (Å²) in [4.78, 5) is 106. The molecule has 5 N–H and O–H groups in total. The number of benzene rings is 8. The minimum atomic E-state index is -0.574. The third-order valence-electron chi connectivity index (χ3n) is 22.9. The Labute approximate surface area is 794 Å². The van der Waals surface area contributed by atoms with Crippen LogP contribution >= 0.6 is 35.0 Å². The summed E-state index contributed by atoms with van der Waals surface area (Å²) in [6.07, 6.45) is 1.57. The molecule has 0 bridgehead atoms. The van der Waals surface area contributed by atoms with E-state index in [1.54, 1.807) is 47.8 Å². The zero-order valence-corrected chi connectivity index (χ0v) is 82.4. The van der Waals surface area contributed by atoms with E-state index in [0.717, 1.165) is 143 Å². The molecule has 12 aromatic rings. The molecule has 0 spiro atoms. The molecule has 0 aliphatic carbocycles. The molecule has 4 aliphatic heterocycles. The molecule has 0 atom stereocenters. The van der Waals surface area contributed by atoms with Gasteiger partial charge in [-0.1, -0.05) is 144 Å². The van der Waals surface area contributed by atoms with E-state index in [0.29, 0.717) is 133 Å². The summed E-state index contributed by atoms with van der Waals surface area (Å²) >= 11 is 2.15. The number of hydrogen-bond acceptors (Lipinski definition) is 19. The number of carbonyl (C=O) groups excluding carboxylic acids is 7. The van der Waals surface area contributed by atoms with Crippen LogP contribution in [0, 0.1) is 27.7 Å². The molecule has 26 nitrogen and oxygen atoms in total. The Morgan fingerprint density at radius 2 is 0.606 bits per heavy atom. The fourth-order valence-corrected chi connectivity index (χ4v) is 16.8. The SMILES string of the molecule is CI.CNC(=O)c1oc2c(N3CCN(C(=O)OC(C)(C)C)CC3)cc(C)cc2c1Cc1ccccc1.CNC(=O)c1oc2c(N3CCNCC3)cc(C)cc2c1Cc1ccccc1.Cc1cc(N2CCN(C(=O)OC(C)(C)C)CC2)c2oc(C(=O)N(C)C)c(Cc3ccccc3)c2c1.Cc1cc(N2CCN(C(=O)OC(C)(C)C)CC2)c2oc(C(N)=O)c(Cc3ccccc3)c2c1.Cl. The van der Waals surface area contributed by atoms with E-state index in [-0.39, 0.29) is 54.2 Å². The average Bonchev–Trinajstić information content (AvgIpc) is 1.62. The van der Waals surface area contributed by atoms with Crippen molar-refractivity contribution in [3.05, 3.63) is 260 Å². The second-order valence-electron chi connectivity index (χ2n) is 36.8. The smallest absolute Gasteiger partial charge is 0.410 e. The predicted octanol–water partition coefficient (Wildman–Crippen LogP) is 18.9. The van der Waals surface area contributed by atoms with Gasteiger partial charge in [0.05, 0.1) is 22.7 Å². The number of aryl methyl sites for hydroxylation is 4. The van der Waals surface area contributed by atoms with E-state index >= 15 is 0 Å². The molecule has 28 heteroatoms. The van der Waals surface area contributed by atoms with Crippen LogP contribution in [0.15, 0.2) is 188 Å². The number of rotatable bonds is 16. The monoisotopic (exact) mass is 1930 g/mol. The van der Waals surface area contributed by atoms with E-state index in [1.165, 1.54) is 5.56 Å².